The minimum atomic E-state index is 0.188. The van der Waals surface area contributed by atoms with E-state index in [0.29, 0.717) is 17.9 Å². The topological polar surface area (TPSA) is 37.3 Å². The third-order valence-corrected chi connectivity index (χ3v) is 4.79. The van der Waals surface area contributed by atoms with E-state index in [0.717, 1.165) is 31.0 Å². The molecule has 1 aromatic rings. The summed E-state index contributed by atoms with van der Waals surface area (Å²) >= 11 is 0. The molecule has 2 saturated heterocycles. The molecule has 1 aromatic heterocycles. The summed E-state index contributed by atoms with van der Waals surface area (Å²) in [5.74, 6) is 1.47. The van der Waals surface area contributed by atoms with E-state index in [9.17, 15) is 4.79 Å². The third kappa shape index (κ3) is 1.59. The zero-order valence-electron chi connectivity index (χ0n) is 11.3. The van der Waals surface area contributed by atoms with Crippen molar-refractivity contribution in [2.24, 2.45) is 18.9 Å². The molecule has 4 nitrogen and oxygen atoms in total. The molecule has 0 bridgehead atoms. The van der Waals surface area contributed by atoms with Crippen LogP contribution in [0.25, 0.3) is 0 Å². The SMILES string of the molecule is Cc1ccc(C(=O)N2CC3CNCC3C2C)n1C. The molecule has 1 N–H and O–H groups in total. The van der Waals surface area contributed by atoms with Gasteiger partial charge < -0.3 is 14.8 Å². The highest BCUT2D eigenvalue weighted by atomic mass is 16.2. The van der Waals surface area contributed by atoms with E-state index < -0.39 is 0 Å². The molecule has 4 heteroatoms. The minimum absolute atomic E-state index is 0.188. The number of rotatable bonds is 1. The Bertz CT molecular complexity index is 479. The van der Waals surface area contributed by atoms with Crippen molar-refractivity contribution in [2.75, 3.05) is 19.6 Å². The van der Waals surface area contributed by atoms with Gasteiger partial charge in [-0.05, 0) is 37.8 Å². The summed E-state index contributed by atoms with van der Waals surface area (Å²) in [6, 6.07) is 4.31. The average molecular weight is 247 g/mol. The predicted molar refractivity (Wildman–Crippen MR) is 70.5 cm³/mol. The maximum Gasteiger partial charge on any atom is 0.270 e. The van der Waals surface area contributed by atoms with Crippen molar-refractivity contribution in [3.8, 4) is 0 Å². The lowest BCUT2D eigenvalue weighted by atomic mass is 9.95. The molecule has 0 radical (unpaired) electrons. The molecule has 3 unspecified atom stereocenters. The van der Waals surface area contributed by atoms with Crippen molar-refractivity contribution >= 4 is 5.91 Å². The van der Waals surface area contributed by atoms with Crippen molar-refractivity contribution in [2.45, 2.75) is 19.9 Å². The van der Waals surface area contributed by atoms with Crippen LogP contribution in [-0.2, 0) is 7.05 Å². The zero-order chi connectivity index (χ0) is 12.9. The molecular weight excluding hydrogens is 226 g/mol. The van der Waals surface area contributed by atoms with Crippen LogP contribution in [-0.4, -0.2) is 41.1 Å². The number of carbonyl (C=O) groups excluding carboxylic acids is 1. The highest BCUT2D eigenvalue weighted by Gasteiger charge is 2.44. The molecule has 0 aliphatic carbocycles. The van der Waals surface area contributed by atoms with Gasteiger partial charge in [-0.3, -0.25) is 4.79 Å². The van der Waals surface area contributed by atoms with Crippen molar-refractivity contribution in [1.29, 1.82) is 0 Å². The number of aromatic nitrogens is 1. The monoisotopic (exact) mass is 247 g/mol. The Morgan fingerprint density at radius 3 is 2.78 bits per heavy atom. The quantitative estimate of drug-likeness (QED) is 0.804. The van der Waals surface area contributed by atoms with E-state index in [1.54, 1.807) is 0 Å². The maximum absolute atomic E-state index is 12.6. The van der Waals surface area contributed by atoms with E-state index in [-0.39, 0.29) is 5.91 Å². The van der Waals surface area contributed by atoms with E-state index in [1.807, 2.05) is 30.7 Å². The van der Waals surface area contributed by atoms with Gasteiger partial charge in [-0.15, -0.1) is 0 Å². The second-order valence-electron chi connectivity index (χ2n) is 5.70. The number of nitrogens with zero attached hydrogens (tertiary/aromatic N) is 2. The van der Waals surface area contributed by atoms with Gasteiger partial charge in [-0.25, -0.2) is 0 Å². The van der Waals surface area contributed by atoms with Crippen molar-refractivity contribution in [3.05, 3.63) is 23.5 Å². The first-order valence-electron chi connectivity index (χ1n) is 6.73. The Balaban J connectivity index is 1.84. The molecule has 0 saturated carbocycles. The number of carbonyl (C=O) groups is 1. The van der Waals surface area contributed by atoms with Gasteiger partial charge in [-0.1, -0.05) is 0 Å². The van der Waals surface area contributed by atoms with Crippen LogP contribution in [0.2, 0.25) is 0 Å². The fourth-order valence-corrected chi connectivity index (χ4v) is 3.41. The van der Waals surface area contributed by atoms with E-state index in [2.05, 4.69) is 17.1 Å². The average Bonchev–Trinajstić information content (AvgIpc) is 2.99. The van der Waals surface area contributed by atoms with Gasteiger partial charge in [0, 0.05) is 38.4 Å². The second-order valence-corrected chi connectivity index (χ2v) is 5.70. The van der Waals surface area contributed by atoms with Crippen LogP contribution in [0.3, 0.4) is 0 Å². The molecule has 2 aliphatic rings. The highest BCUT2D eigenvalue weighted by Crippen LogP contribution is 2.33. The molecule has 3 rings (SSSR count). The summed E-state index contributed by atoms with van der Waals surface area (Å²) in [6.07, 6.45) is 0. The molecule has 3 heterocycles. The fraction of sp³-hybridized carbons (Fsp3) is 0.643. The lowest BCUT2D eigenvalue weighted by Gasteiger charge is -2.24. The number of hydrogen-bond donors (Lipinski definition) is 1. The summed E-state index contributed by atoms with van der Waals surface area (Å²) < 4.78 is 1.99. The maximum atomic E-state index is 12.6. The summed E-state index contributed by atoms with van der Waals surface area (Å²) in [5.41, 5.74) is 1.94. The molecular formula is C14H21N3O. The van der Waals surface area contributed by atoms with Crippen LogP contribution >= 0.6 is 0 Å². The summed E-state index contributed by atoms with van der Waals surface area (Å²) in [5, 5.41) is 3.43. The zero-order valence-corrected chi connectivity index (χ0v) is 11.3. The number of aryl methyl sites for hydroxylation is 1. The molecule has 2 fully saturated rings. The molecule has 0 spiro atoms. The first-order chi connectivity index (χ1) is 8.59. The lowest BCUT2D eigenvalue weighted by Crippen LogP contribution is -2.38. The number of amides is 1. The Kier molecular flexibility index (Phi) is 2.70. The number of nitrogens with one attached hydrogen (secondary N) is 1. The molecule has 3 atom stereocenters. The molecule has 98 valence electrons. The van der Waals surface area contributed by atoms with Crippen LogP contribution in [0.4, 0.5) is 0 Å². The van der Waals surface area contributed by atoms with Crippen molar-refractivity contribution in [3.63, 3.8) is 0 Å². The van der Waals surface area contributed by atoms with Gasteiger partial charge in [-0.2, -0.15) is 0 Å². The van der Waals surface area contributed by atoms with Crippen molar-refractivity contribution in [1.82, 2.24) is 14.8 Å². The molecule has 2 aliphatic heterocycles. The standard InChI is InChI=1S/C14H21N3O/c1-9-4-5-13(16(9)3)14(18)17-8-11-6-15-7-12(11)10(17)2/h4-5,10-12,15H,6-8H2,1-3H3. The van der Waals surface area contributed by atoms with Gasteiger partial charge in [0.2, 0.25) is 0 Å². The van der Waals surface area contributed by atoms with Crippen molar-refractivity contribution < 1.29 is 4.79 Å². The Morgan fingerprint density at radius 1 is 1.39 bits per heavy atom. The summed E-state index contributed by atoms with van der Waals surface area (Å²) in [6.45, 7) is 7.24. The summed E-state index contributed by atoms with van der Waals surface area (Å²) in [7, 11) is 1.96. The van der Waals surface area contributed by atoms with Crippen LogP contribution in [0, 0.1) is 18.8 Å². The van der Waals surface area contributed by atoms with E-state index in [1.165, 1.54) is 0 Å². The Labute approximate surface area is 108 Å². The summed E-state index contributed by atoms with van der Waals surface area (Å²) in [4.78, 5) is 14.7. The van der Waals surface area contributed by atoms with E-state index >= 15 is 0 Å². The second kappa shape index (κ2) is 4.12. The predicted octanol–water partition coefficient (Wildman–Crippen LogP) is 1.01. The molecule has 18 heavy (non-hydrogen) atoms. The van der Waals surface area contributed by atoms with E-state index in [4.69, 9.17) is 0 Å². The Hall–Kier alpha value is -1.29. The number of likely N-dealkylation sites (tertiary alicyclic amines) is 1. The number of hydrogen-bond acceptors (Lipinski definition) is 2. The van der Waals surface area contributed by atoms with Crippen LogP contribution in [0.15, 0.2) is 12.1 Å². The first kappa shape index (κ1) is 11.8. The largest absolute Gasteiger partial charge is 0.344 e. The normalized spacial score (nSPS) is 30.8. The first-order valence-corrected chi connectivity index (χ1v) is 6.73. The fourth-order valence-electron chi connectivity index (χ4n) is 3.41. The Morgan fingerprint density at radius 2 is 2.17 bits per heavy atom. The van der Waals surface area contributed by atoms with Gasteiger partial charge >= 0.3 is 0 Å². The van der Waals surface area contributed by atoms with Gasteiger partial charge in [0.25, 0.3) is 5.91 Å². The van der Waals surface area contributed by atoms with Crippen LogP contribution in [0.1, 0.15) is 23.1 Å². The number of fused-ring (bicyclic) bond motifs is 1. The van der Waals surface area contributed by atoms with Crippen LogP contribution in [0.5, 0.6) is 0 Å². The third-order valence-electron chi connectivity index (χ3n) is 4.79. The van der Waals surface area contributed by atoms with Gasteiger partial charge in [0.1, 0.15) is 5.69 Å². The van der Waals surface area contributed by atoms with Gasteiger partial charge in [0.05, 0.1) is 0 Å². The van der Waals surface area contributed by atoms with Gasteiger partial charge in [0.15, 0.2) is 0 Å². The highest BCUT2D eigenvalue weighted by molar-refractivity contribution is 5.93. The lowest BCUT2D eigenvalue weighted by molar-refractivity contribution is 0.0718. The molecule has 0 aromatic carbocycles. The smallest absolute Gasteiger partial charge is 0.270 e. The minimum Gasteiger partial charge on any atom is -0.344 e. The molecule has 1 amide bonds. The van der Waals surface area contributed by atoms with Crippen LogP contribution < -0.4 is 5.32 Å².